The number of aromatic nitrogens is 5. The maximum Gasteiger partial charge on any atom is 0.326 e. The summed E-state index contributed by atoms with van der Waals surface area (Å²) < 4.78 is 0. The number of carbonyl (C=O) groups is 13. The molecular weight excluding hydrogens is 1390 g/mol. The minimum Gasteiger partial charge on any atom is -0.480 e. The number of nitrogens with two attached hydrogens (primary N) is 3. The highest BCUT2D eigenvalue weighted by molar-refractivity contribution is 6.00. The van der Waals surface area contributed by atoms with Crippen molar-refractivity contribution in [3.8, 4) is 0 Å². The molecule has 2 aromatic carbocycles. The molecule has 592 valence electrons. The third-order valence-electron chi connectivity index (χ3n) is 18.1. The lowest BCUT2D eigenvalue weighted by Gasteiger charge is -2.30. The summed E-state index contributed by atoms with van der Waals surface area (Å²) in [6, 6.07) is -1.08. The molecule has 3 heterocycles. The van der Waals surface area contributed by atoms with Crippen LogP contribution < -0.4 is 75.7 Å². The van der Waals surface area contributed by atoms with E-state index in [0.717, 1.165) is 0 Å². The maximum absolute atomic E-state index is 15.2. The normalized spacial score (nSPS) is 15.1. The first kappa shape index (κ1) is 88.0. The Morgan fingerprint density at radius 1 is 0.463 bits per heavy atom. The average Bonchev–Trinajstić information content (AvgIpc) is 1.74. The van der Waals surface area contributed by atoms with Crippen molar-refractivity contribution < 1.29 is 72.5 Å². The van der Waals surface area contributed by atoms with Crippen molar-refractivity contribution in [1.29, 1.82) is 0 Å². The Hall–Kier alpha value is -10.6. The number of carboxylic acids is 1. The first-order valence-electron chi connectivity index (χ1n) is 36.7. The van der Waals surface area contributed by atoms with Crippen LogP contribution in [-0.2, 0) is 88.0 Å². The molecule has 0 radical (unpaired) electrons. The van der Waals surface area contributed by atoms with Crippen molar-refractivity contribution in [3.05, 3.63) is 108 Å². The molecule has 0 aliphatic carbocycles. The number of rotatable bonds is 47. The molecule has 34 heteroatoms. The summed E-state index contributed by atoms with van der Waals surface area (Å²) in [6.45, 7) is 16.7. The number of benzene rings is 2. The summed E-state index contributed by atoms with van der Waals surface area (Å²) in [5.74, 6) is -13.4. The zero-order valence-corrected chi connectivity index (χ0v) is 63.1. The van der Waals surface area contributed by atoms with Crippen LogP contribution in [-0.4, -0.2) is 198 Å². The number of aliphatic carboxylic acids is 1. The number of hydrogen-bond acceptors (Lipinski definition) is 18. The second-order valence-electron chi connectivity index (χ2n) is 28.9. The number of fused-ring (bicyclic) bond motifs is 1. The minimum atomic E-state index is -1.69. The Balaban J connectivity index is 1.42. The molecule has 0 unspecified atom stereocenters. The van der Waals surface area contributed by atoms with E-state index >= 15 is 9.59 Å². The van der Waals surface area contributed by atoms with Gasteiger partial charge in [0.2, 0.25) is 70.9 Å². The third kappa shape index (κ3) is 28.6. The van der Waals surface area contributed by atoms with Crippen molar-refractivity contribution >= 4 is 87.8 Å². The molecule has 5 rings (SSSR count). The number of carbonyl (C=O) groups excluding carboxylic acids is 12. The molecule has 108 heavy (non-hydrogen) atoms. The number of nitrogens with one attached hydrogen (secondary N) is 14. The van der Waals surface area contributed by atoms with Crippen molar-refractivity contribution in [2.75, 3.05) is 13.2 Å². The Morgan fingerprint density at radius 2 is 0.870 bits per heavy atom. The lowest BCUT2D eigenvalue weighted by atomic mass is 9.97. The first-order valence-corrected chi connectivity index (χ1v) is 36.7. The highest BCUT2D eigenvalue weighted by Crippen LogP contribution is 2.21. The van der Waals surface area contributed by atoms with Crippen LogP contribution in [0.2, 0.25) is 0 Å². The predicted molar refractivity (Wildman–Crippen MR) is 400 cm³/mol. The van der Waals surface area contributed by atoms with Gasteiger partial charge in [0.1, 0.15) is 66.5 Å². The lowest BCUT2D eigenvalue weighted by Crippen LogP contribution is -2.62. The van der Waals surface area contributed by atoms with E-state index in [1.165, 1.54) is 25.0 Å². The predicted octanol–water partition coefficient (Wildman–Crippen LogP) is -0.534. The average molecular weight is 1510 g/mol. The monoisotopic (exact) mass is 1510 g/mol. The number of nitrogens with zero attached hydrogens (tertiary/aromatic N) is 2. The Labute approximate surface area is 628 Å². The number of primary amides is 1. The largest absolute Gasteiger partial charge is 0.480 e. The van der Waals surface area contributed by atoms with E-state index in [0.29, 0.717) is 52.7 Å². The molecule has 0 aliphatic rings. The highest BCUT2D eigenvalue weighted by atomic mass is 16.4. The number of imidazole rings is 2. The quantitative estimate of drug-likeness (QED) is 0.0218. The number of aromatic amines is 3. The molecular formula is C74H111N19O15. The van der Waals surface area contributed by atoms with E-state index in [2.05, 4.69) is 83.4 Å². The second kappa shape index (κ2) is 43.9. The summed E-state index contributed by atoms with van der Waals surface area (Å²) in [6.07, 6.45) is 7.18. The van der Waals surface area contributed by atoms with Gasteiger partial charge in [-0.3, -0.25) is 57.5 Å². The van der Waals surface area contributed by atoms with Gasteiger partial charge in [-0.2, -0.15) is 0 Å². The maximum atomic E-state index is 15.2. The van der Waals surface area contributed by atoms with Gasteiger partial charge in [0, 0.05) is 66.6 Å². The molecule has 0 aliphatic heterocycles. The first-order chi connectivity index (χ1) is 51.2. The Bertz CT molecular complexity index is 3770. The lowest BCUT2D eigenvalue weighted by molar-refractivity contribution is -0.144. The summed E-state index contributed by atoms with van der Waals surface area (Å²) in [5, 5.41) is 50.7. The third-order valence-corrected chi connectivity index (χ3v) is 18.1. The molecule has 0 saturated carbocycles. The number of carboxylic acid groups (broad SMARTS) is 1. The van der Waals surface area contributed by atoms with Crippen molar-refractivity contribution in [2.45, 2.75) is 219 Å². The van der Waals surface area contributed by atoms with Crippen LogP contribution in [0.25, 0.3) is 10.9 Å². The van der Waals surface area contributed by atoms with Crippen molar-refractivity contribution in [3.63, 3.8) is 0 Å². The van der Waals surface area contributed by atoms with Crippen molar-refractivity contribution in [1.82, 2.24) is 83.4 Å². The molecule has 12 amide bonds. The van der Waals surface area contributed by atoms with Crippen LogP contribution in [0.5, 0.6) is 0 Å². The fourth-order valence-electron chi connectivity index (χ4n) is 12.0. The van der Waals surface area contributed by atoms with Crippen LogP contribution in [0.4, 0.5) is 0 Å². The number of hydrogen-bond donors (Lipinski definition) is 19. The Morgan fingerprint density at radius 3 is 1.31 bits per heavy atom. The number of aliphatic hydroxyl groups is 1. The zero-order chi connectivity index (χ0) is 79.9. The number of amides is 12. The molecule has 0 fully saturated rings. The molecule has 0 spiro atoms. The standard InChI is InChI=1S/C74H111N19O15/c1-11-43(10)62(74(107)108)93-71(104)54(27-41(6)7)86-66(99)53(26-40(4)5)87-72(105)59(36-94)91-73(106)61(42(8)9)92-64(97)51(23-17-18-24-75)83-65(98)52(25-39(2)3)85-68(101)56(29-45-33-80-50-22-16-15-21-48(45)50)89-67(100)55(28-44-19-13-12-14-20-44)88-70(103)58(31-47-35-79-38-82-47)90-69(102)57(30-46-34-78-37-81-46)84-63(96)49(76)32-60(77)95/h12-16,19-22,33-35,37-43,49,51-59,61-62,80,94H,11,17-18,23-32,36,75-76H2,1-10H3,(H2,77,95)(H,78,81)(H,79,82)(H,83,98)(H,84,96)(H,85,101)(H,86,99)(H,87,105)(H,88,103)(H,89,100)(H,90,102)(H,91,106)(H,92,97)(H,93,104)(H,107,108)/t43-,49-,51-,52-,53-,54-,55-,56-,57-,58-,59-,61-,62-/m0/s1. The van der Waals surface area contributed by atoms with E-state index < -0.39 is 174 Å². The highest BCUT2D eigenvalue weighted by Gasteiger charge is 2.39. The van der Waals surface area contributed by atoms with Gasteiger partial charge in [-0.15, -0.1) is 0 Å². The fourth-order valence-corrected chi connectivity index (χ4v) is 12.0. The second-order valence-corrected chi connectivity index (χ2v) is 28.9. The number of H-pyrrole nitrogens is 3. The van der Waals surface area contributed by atoms with E-state index in [4.69, 9.17) is 17.2 Å². The van der Waals surface area contributed by atoms with Crippen LogP contribution in [0, 0.1) is 29.6 Å². The van der Waals surface area contributed by atoms with Gasteiger partial charge in [-0.1, -0.05) is 124 Å². The van der Waals surface area contributed by atoms with Gasteiger partial charge < -0.3 is 101 Å². The van der Waals surface area contributed by atoms with Crippen LogP contribution >= 0.6 is 0 Å². The molecule has 13 atom stereocenters. The number of para-hydroxylation sites is 1. The van der Waals surface area contributed by atoms with Crippen LogP contribution in [0.1, 0.15) is 143 Å². The molecule has 0 saturated heterocycles. The van der Waals surface area contributed by atoms with Gasteiger partial charge in [-0.05, 0) is 91.9 Å². The van der Waals surface area contributed by atoms with E-state index in [9.17, 15) is 63.0 Å². The number of aliphatic hydroxyl groups excluding tert-OH is 1. The van der Waals surface area contributed by atoms with Gasteiger partial charge in [0.25, 0.3) is 0 Å². The molecule has 3 aromatic heterocycles. The van der Waals surface area contributed by atoms with Crippen molar-refractivity contribution in [2.24, 2.45) is 46.8 Å². The van der Waals surface area contributed by atoms with E-state index in [1.54, 1.807) is 104 Å². The van der Waals surface area contributed by atoms with Crippen LogP contribution in [0.15, 0.2) is 85.8 Å². The van der Waals surface area contributed by atoms with Gasteiger partial charge in [-0.25, -0.2) is 14.8 Å². The van der Waals surface area contributed by atoms with Gasteiger partial charge in [0.15, 0.2) is 0 Å². The molecule has 22 N–H and O–H groups in total. The van der Waals surface area contributed by atoms with Gasteiger partial charge >= 0.3 is 5.97 Å². The van der Waals surface area contributed by atoms with Crippen LogP contribution in [0.3, 0.4) is 0 Å². The number of unbranched alkanes of at least 4 members (excludes halogenated alkanes) is 1. The molecule has 34 nitrogen and oxygen atoms in total. The zero-order valence-electron chi connectivity index (χ0n) is 63.1. The Kier molecular flexibility index (Phi) is 35.8. The van der Waals surface area contributed by atoms with E-state index in [-0.39, 0.29) is 75.7 Å². The minimum absolute atomic E-state index is 0.00796. The summed E-state index contributed by atoms with van der Waals surface area (Å²) in [4.78, 5) is 199. The molecule has 5 aromatic rings. The van der Waals surface area contributed by atoms with Gasteiger partial charge in [0.05, 0.1) is 31.7 Å². The van der Waals surface area contributed by atoms with E-state index in [1.807, 2.05) is 26.0 Å². The smallest absolute Gasteiger partial charge is 0.326 e. The summed E-state index contributed by atoms with van der Waals surface area (Å²) in [7, 11) is 0. The fraction of sp³-hybridized carbons (Fsp3) is 0.554. The topological polar surface area (TPSA) is 546 Å². The summed E-state index contributed by atoms with van der Waals surface area (Å²) >= 11 is 0. The molecule has 0 bridgehead atoms. The SMILES string of the molecule is CC[C@H](C)[C@H](NC(=O)[C@H](CC(C)C)NC(=O)[C@H](CC(C)C)NC(=O)[C@H](CO)NC(=O)[C@@H](NC(=O)[C@H](CCCCN)NC(=O)[C@H](CC(C)C)NC(=O)[C@H](Cc1c[nH]c2ccccc12)NC(=O)[C@H](Cc1ccccc1)NC(=O)[C@H](Cc1cnc[nH]1)NC(=O)[C@H](Cc1cnc[nH]1)NC(=O)[C@@H](N)CC(N)=O)C(C)C)C(=O)O. The summed E-state index contributed by atoms with van der Waals surface area (Å²) in [5.41, 5.74) is 19.8.